The van der Waals surface area contributed by atoms with Crippen LogP contribution in [0, 0.1) is 11.3 Å². The van der Waals surface area contributed by atoms with Gasteiger partial charge in [-0.3, -0.25) is 19.8 Å². The molecule has 5 rings (SSSR count). The number of halogens is 1. The Morgan fingerprint density at radius 2 is 2.00 bits per heavy atom. The van der Waals surface area contributed by atoms with Gasteiger partial charge < -0.3 is 26.0 Å². The standard InChI is InChI=1S/C28H30FN5O4S/c1-15(24-12-18(14-39-24)26(30)31)33-28(37)23-11-17-10-22(17)34(23)25(35)13-32-27(36)16-2-6-20(7-3-16)38-21-8-4-19(29)5-9-21/h2-4,6-9,12,14-15,17,19,22-23H,5,10-11,13H2,1H3,(H3,30,31)(H,32,36)(H,33,37)/t15-,17+,19?,22+,23?/m1/s1. The Bertz CT molecular complexity index is 1350. The summed E-state index contributed by atoms with van der Waals surface area (Å²) in [4.78, 5) is 41.4. The highest BCUT2D eigenvalue weighted by molar-refractivity contribution is 7.10. The molecule has 2 aliphatic carbocycles. The highest BCUT2D eigenvalue weighted by Crippen LogP contribution is 2.48. The van der Waals surface area contributed by atoms with Gasteiger partial charge in [0.2, 0.25) is 11.8 Å². The lowest BCUT2D eigenvalue weighted by atomic mass is 10.1. The fourth-order valence-electron chi connectivity index (χ4n) is 4.96. The van der Waals surface area contributed by atoms with Gasteiger partial charge in [0.05, 0.1) is 12.6 Å². The second-order valence-electron chi connectivity index (χ2n) is 10.0. The molecule has 1 saturated heterocycles. The van der Waals surface area contributed by atoms with Crippen LogP contribution in [0.4, 0.5) is 4.39 Å². The van der Waals surface area contributed by atoms with E-state index >= 15 is 0 Å². The van der Waals surface area contributed by atoms with Crippen molar-refractivity contribution < 1.29 is 23.5 Å². The molecule has 204 valence electrons. The number of nitrogens with zero attached hydrogens (tertiary/aromatic N) is 1. The normalized spacial score (nSPS) is 23.8. The number of piperidine rings is 1. The summed E-state index contributed by atoms with van der Waals surface area (Å²) in [7, 11) is 0. The number of likely N-dealkylation sites (tertiary alicyclic amines) is 1. The number of ether oxygens (including phenoxy) is 1. The van der Waals surface area contributed by atoms with Crippen LogP contribution in [0.15, 0.2) is 59.7 Å². The maximum atomic E-state index is 13.2. The lowest BCUT2D eigenvalue weighted by Crippen LogP contribution is -2.51. The predicted octanol–water partition coefficient (Wildman–Crippen LogP) is 3.19. The molecule has 2 aromatic rings. The van der Waals surface area contributed by atoms with Gasteiger partial charge in [-0.2, -0.15) is 0 Å². The van der Waals surface area contributed by atoms with Gasteiger partial charge in [0.1, 0.15) is 29.6 Å². The summed E-state index contributed by atoms with van der Waals surface area (Å²) in [5, 5.41) is 15.0. The van der Waals surface area contributed by atoms with Gasteiger partial charge in [-0.15, -0.1) is 11.3 Å². The molecule has 9 nitrogen and oxygen atoms in total. The second kappa shape index (κ2) is 11.0. The fourth-order valence-corrected chi connectivity index (χ4v) is 5.88. The number of allylic oxidation sites excluding steroid dienone is 3. The Balaban J connectivity index is 1.14. The number of amidine groups is 1. The minimum Gasteiger partial charge on any atom is -0.458 e. The highest BCUT2D eigenvalue weighted by Gasteiger charge is 2.56. The Kier molecular flexibility index (Phi) is 7.51. The van der Waals surface area contributed by atoms with E-state index in [4.69, 9.17) is 15.9 Å². The third-order valence-corrected chi connectivity index (χ3v) is 8.29. The number of hydrogen-bond donors (Lipinski definition) is 4. The van der Waals surface area contributed by atoms with E-state index in [0.717, 1.165) is 11.3 Å². The van der Waals surface area contributed by atoms with Crippen LogP contribution < -0.4 is 21.1 Å². The zero-order valence-corrected chi connectivity index (χ0v) is 22.2. The van der Waals surface area contributed by atoms with Crippen molar-refractivity contribution in [3.8, 4) is 5.75 Å². The van der Waals surface area contributed by atoms with Crippen molar-refractivity contribution in [1.82, 2.24) is 15.5 Å². The van der Waals surface area contributed by atoms with Gasteiger partial charge in [-0.1, -0.05) is 0 Å². The molecule has 1 aliphatic heterocycles. The smallest absolute Gasteiger partial charge is 0.251 e. The summed E-state index contributed by atoms with van der Waals surface area (Å²) in [6.45, 7) is 1.64. The minimum absolute atomic E-state index is 0.0260. The summed E-state index contributed by atoms with van der Waals surface area (Å²) in [5.74, 6) is 0.398. The van der Waals surface area contributed by atoms with Crippen LogP contribution in [-0.2, 0) is 9.59 Å². The predicted molar refractivity (Wildman–Crippen MR) is 145 cm³/mol. The van der Waals surface area contributed by atoms with E-state index in [0.29, 0.717) is 35.0 Å². The molecule has 0 spiro atoms. The third kappa shape index (κ3) is 6.03. The van der Waals surface area contributed by atoms with Crippen LogP contribution >= 0.6 is 11.3 Å². The van der Waals surface area contributed by atoms with Crippen molar-refractivity contribution in [3.63, 3.8) is 0 Å². The third-order valence-electron chi connectivity index (χ3n) is 7.18. The molecular formula is C28H30FN5O4S. The summed E-state index contributed by atoms with van der Waals surface area (Å²) in [5.41, 5.74) is 6.52. The van der Waals surface area contributed by atoms with Crippen LogP contribution in [0.2, 0.25) is 0 Å². The van der Waals surface area contributed by atoms with Gasteiger partial charge in [0.25, 0.3) is 5.91 Å². The number of nitrogen functional groups attached to an aromatic ring is 1. The van der Waals surface area contributed by atoms with Gasteiger partial charge in [-0.25, -0.2) is 4.39 Å². The van der Waals surface area contributed by atoms with E-state index < -0.39 is 18.1 Å². The van der Waals surface area contributed by atoms with E-state index in [1.807, 2.05) is 6.92 Å². The summed E-state index contributed by atoms with van der Waals surface area (Å²) in [6, 6.07) is 7.39. The maximum absolute atomic E-state index is 13.2. The number of fused-ring (bicyclic) bond motifs is 1. The molecule has 2 fully saturated rings. The number of hydrogen-bond acceptors (Lipinski definition) is 6. The summed E-state index contributed by atoms with van der Waals surface area (Å²) < 4.78 is 18.9. The van der Waals surface area contributed by atoms with Crippen LogP contribution in [0.5, 0.6) is 5.75 Å². The average molecular weight is 552 g/mol. The molecule has 1 aromatic carbocycles. The number of amides is 3. The molecule has 2 unspecified atom stereocenters. The molecular weight excluding hydrogens is 521 g/mol. The first kappa shape index (κ1) is 26.6. The maximum Gasteiger partial charge on any atom is 0.251 e. The number of carbonyl (C=O) groups is 3. The first-order valence-electron chi connectivity index (χ1n) is 12.8. The quantitative estimate of drug-likeness (QED) is 0.280. The summed E-state index contributed by atoms with van der Waals surface area (Å²) >= 11 is 1.41. The van der Waals surface area contributed by atoms with Gasteiger partial charge in [0, 0.05) is 33.8 Å². The Morgan fingerprint density at radius 3 is 2.67 bits per heavy atom. The first-order chi connectivity index (χ1) is 18.7. The Labute approximate surface area is 229 Å². The number of carbonyl (C=O) groups excluding carboxylic acids is 3. The van der Waals surface area contributed by atoms with E-state index in [-0.39, 0.29) is 42.7 Å². The molecule has 3 aliphatic rings. The van der Waals surface area contributed by atoms with Crippen molar-refractivity contribution >= 4 is 34.9 Å². The zero-order valence-electron chi connectivity index (χ0n) is 21.4. The van der Waals surface area contributed by atoms with E-state index in [9.17, 15) is 18.8 Å². The van der Waals surface area contributed by atoms with E-state index in [1.54, 1.807) is 52.8 Å². The number of nitrogens with two attached hydrogens (primary N) is 1. The van der Waals surface area contributed by atoms with Crippen molar-refractivity contribution in [2.45, 2.75) is 50.5 Å². The SMILES string of the molecule is C[C@@H](NC(=O)C1C[C@@H]2C[C@@H]2N1C(=O)CNC(=O)c1ccc(OC2=CCC(F)C=C2)cc1)c1cc(C(=N)N)cs1. The molecule has 1 aromatic heterocycles. The van der Waals surface area contributed by atoms with Crippen LogP contribution in [0.1, 0.15) is 53.0 Å². The van der Waals surface area contributed by atoms with E-state index in [2.05, 4.69) is 10.6 Å². The molecule has 39 heavy (non-hydrogen) atoms. The zero-order chi connectivity index (χ0) is 27.7. The molecule has 0 radical (unpaired) electrons. The van der Waals surface area contributed by atoms with Crippen LogP contribution in [0.25, 0.3) is 0 Å². The molecule has 0 bridgehead atoms. The molecule has 5 atom stereocenters. The van der Waals surface area contributed by atoms with Crippen LogP contribution in [0.3, 0.4) is 0 Å². The van der Waals surface area contributed by atoms with Gasteiger partial charge >= 0.3 is 0 Å². The lowest BCUT2D eigenvalue weighted by molar-refractivity contribution is -0.139. The second-order valence-corrected chi connectivity index (χ2v) is 11.0. The topological polar surface area (TPSA) is 138 Å². The molecule has 5 N–H and O–H groups in total. The number of benzene rings is 1. The Morgan fingerprint density at radius 1 is 1.23 bits per heavy atom. The minimum atomic E-state index is -1.00. The monoisotopic (exact) mass is 551 g/mol. The first-order valence-corrected chi connectivity index (χ1v) is 13.7. The molecule has 3 amide bonds. The molecule has 1 saturated carbocycles. The lowest BCUT2D eigenvalue weighted by Gasteiger charge is -2.28. The molecule has 11 heteroatoms. The summed E-state index contributed by atoms with van der Waals surface area (Å²) in [6.07, 6.45) is 5.40. The molecule has 2 heterocycles. The Hall–Kier alpha value is -3.99. The number of thiophene rings is 1. The number of rotatable bonds is 9. The van der Waals surface area contributed by atoms with E-state index in [1.165, 1.54) is 17.4 Å². The largest absolute Gasteiger partial charge is 0.458 e. The van der Waals surface area contributed by atoms with Crippen molar-refractivity contribution in [3.05, 3.63) is 75.7 Å². The van der Waals surface area contributed by atoms with Gasteiger partial charge in [0.15, 0.2) is 0 Å². The van der Waals surface area contributed by atoms with Gasteiger partial charge in [-0.05, 0) is 74.2 Å². The van der Waals surface area contributed by atoms with Crippen LogP contribution in [-0.4, -0.2) is 53.3 Å². The fraction of sp³-hybridized carbons (Fsp3) is 0.357. The average Bonchev–Trinajstić information content (AvgIpc) is 3.32. The number of alkyl halides is 1. The van der Waals surface area contributed by atoms with Crippen molar-refractivity contribution in [2.75, 3.05) is 6.54 Å². The van der Waals surface area contributed by atoms with Crippen molar-refractivity contribution in [1.29, 1.82) is 5.41 Å². The van der Waals surface area contributed by atoms with Crippen molar-refractivity contribution in [2.24, 2.45) is 11.7 Å². The highest BCUT2D eigenvalue weighted by atomic mass is 32.1. The number of nitrogens with one attached hydrogen (secondary N) is 3.